The minimum atomic E-state index is -3.62. The van der Waals surface area contributed by atoms with E-state index in [1.807, 2.05) is 30.3 Å². The van der Waals surface area contributed by atoms with Crippen molar-refractivity contribution >= 4 is 33.3 Å². The summed E-state index contributed by atoms with van der Waals surface area (Å²) in [4.78, 5) is 30.1. The Morgan fingerprint density at radius 3 is 2.50 bits per heavy atom. The van der Waals surface area contributed by atoms with Gasteiger partial charge in [0.05, 0.1) is 29.3 Å². The smallest absolute Gasteiger partial charge is 0.416 e. The Kier molecular flexibility index (Phi) is 9.04. The van der Waals surface area contributed by atoms with Crippen molar-refractivity contribution in [3.63, 3.8) is 0 Å². The second-order valence-electron chi connectivity index (χ2n) is 10.1. The molecule has 0 aromatic heterocycles. The number of aliphatic hydroxyl groups excluding tert-OH is 1. The van der Waals surface area contributed by atoms with Gasteiger partial charge in [0.25, 0.3) is 5.91 Å². The first-order chi connectivity index (χ1) is 21.2. The van der Waals surface area contributed by atoms with E-state index in [4.69, 9.17) is 14.2 Å². The van der Waals surface area contributed by atoms with E-state index in [2.05, 4.69) is 11.3 Å². The molecule has 11 nitrogen and oxygen atoms in total. The Hall–Kier alpha value is -4.65. The van der Waals surface area contributed by atoms with E-state index in [0.29, 0.717) is 6.42 Å². The number of ether oxygens (including phenoxy) is 3. The number of methoxy groups -OCH3 is 1. The molecule has 2 heterocycles. The SMILES string of the molecule is C=CCOC(=O)N1c2cc(OCc3ccccc3)c(OC)cc2C(=O)N2CCC(c3ccc(S(=O)(=O)NC)cc3)=C[C@H]2C1O. The number of benzene rings is 3. The average molecular weight is 620 g/mol. The third-order valence-electron chi connectivity index (χ3n) is 7.52. The zero-order chi connectivity index (χ0) is 31.4. The number of nitrogens with zero attached hydrogens (tertiary/aromatic N) is 2. The van der Waals surface area contributed by atoms with Gasteiger partial charge < -0.3 is 24.2 Å². The topological polar surface area (TPSA) is 135 Å². The predicted octanol–water partition coefficient (Wildman–Crippen LogP) is 3.94. The molecule has 2 aliphatic heterocycles. The van der Waals surface area contributed by atoms with Crippen molar-refractivity contribution in [3.8, 4) is 11.5 Å². The minimum Gasteiger partial charge on any atom is -0.493 e. The summed E-state index contributed by atoms with van der Waals surface area (Å²) < 4.78 is 43.6. The quantitative estimate of drug-likeness (QED) is 0.344. The Balaban J connectivity index is 1.56. The molecule has 0 bridgehead atoms. The maximum atomic E-state index is 14.0. The molecule has 44 heavy (non-hydrogen) atoms. The molecule has 2 aliphatic rings. The molecule has 12 heteroatoms. The van der Waals surface area contributed by atoms with Crippen LogP contribution in [0.1, 0.15) is 27.9 Å². The predicted molar refractivity (Wildman–Crippen MR) is 164 cm³/mol. The summed E-state index contributed by atoms with van der Waals surface area (Å²) in [5.41, 5.74) is 2.63. The molecular formula is C32H33N3O8S. The van der Waals surface area contributed by atoms with Gasteiger partial charge in [-0.3, -0.25) is 4.79 Å². The van der Waals surface area contributed by atoms with Gasteiger partial charge >= 0.3 is 6.09 Å². The van der Waals surface area contributed by atoms with Crippen molar-refractivity contribution in [1.82, 2.24) is 9.62 Å². The van der Waals surface area contributed by atoms with E-state index in [9.17, 15) is 23.1 Å². The van der Waals surface area contributed by atoms with Gasteiger partial charge in [-0.2, -0.15) is 0 Å². The number of amides is 2. The Labute approximate surface area is 256 Å². The molecule has 230 valence electrons. The van der Waals surface area contributed by atoms with E-state index in [1.165, 1.54) is 49.4 Å². The normalized spacial score (nSPS) is 18.0. The minimum absolute atomic E-state index is 0.103. The average Bonchev–Trinajstić information content (AvgIpc) is 3.14. The molecule has 0 spiro atoms. The highest BCUT2D eigenvalue weighted by atomic mass is 32.2. The zero-order valence-electron chi connectivity index (χ0n) is 24.3. The highest BCUT2D eigenvalue weighted by Crippen LogP contribution is 2.41. The van der Waals surface area contributed by atoms with E-state index < -0.39 is 34.3 Å². The zero-order valence-corrected chi connectivity index (χ0v) is 25.1. The van der Waals surface area contributed by atoms with E-state index in [1.54, 1.807) is 18.2 Å². The lowest BCUT2D eigenvalue weighted by molar-refractivity contribution is 0.0476. The van der Waals surface area contributed by atoms with Gasteiger partial charge in [-0.05, 0) is 48.4 Å². The third-order valence-corrected chi connectivity index (χ3v) is 8.95. The molecule has 1 unspecified atom stereocenters. The van der Waals surface area contributed by atoms with Crippen molar-refractivity contribution in [2.24, 2.45) is 0 Å². The molecule has 3 aromatic carbocycles. The molecular weight excluding hydrogens is 586 g/mol. The lowest BCUT2D eigenvalue weighted by Gasteiger charge is -2.37. The van der Waals surface area contributed by atoms with Gasteiger partial charge in [0.15, 0.2) is 17.7 Å². The number of nitrogens with one attached hydrogen (secondary N) is 1. The van der Waals surface area contributed by atoms with Crippen molar-refractivity contribution < 1.29 is 37.3 Å². The summed E-state index contributed by atoms with van der Waals surface area (Å²) in [6.45, 7) is 3.90. The van der Waals surface area contributed by atoms with Crippen molar-refractivity contribution in [2.75, 3.05) is 32.2 Å². The molecule has 3 aromatic rings. The van der Waals surface area contributed by atoms with E-state index in [0.717, 1.165) is 21.6 Å². The Morgan fingerprint density at radius 1 is 1.11 bits per heavy atom. The van der Waals surface area contributed by atoms with Crippen LogP contribution < -0.4 is 19.1 Å². The summed E-state index contributed by atoms with van der Waals surface area (Å²) in [6.07, 6.45) is 1.14. The third kappa shape index (κ3) is 6.05. The number of aliphatic hydroxyl groups is 1. The van der Waals surface area contributed by atoms with Crippen LogP contribution in [-0.4, -0.2) is 70.0 Å². The van der Waals surface area contributed by atoms with Crippen LogP contribution in [-0.2, 0) is 21.4 Å². The summed E-state index contributed by atoms with van der Waals surface area (Å²) in [5.74, 6) is 0.135. The molecule has 0 saturated heterocycles. The number of anilines is 1. The second-order valence-corrected chi connectivity index (χ2v) is 12.0. The number of carbonyl (C=O) groups excluding carboxylic acids is 2. The fraction of sp³-hybridized carbons (Fsp3) is 0.250. The summed E-state index contributed by atoms with van der Waals surface area (Å²) >= 11 is 0. The number of sulfonamides is 1. The molecule has 0 fully saturated rings. The number of hydrogen-bond donors (Lipinski definition) is 2. The largest absolute Gasteiger partial charge is 0.493 e. The molecule has 5 rings (SSSR count). The summed E-state index contributed by atoms with van der Waals surface area (Å²) in [6, 6.07) is 17.8. The van der Waals surface area contributed by atoms with Crippen LogP contribution >= 0.6 is 0 Å². The fourth-order valence-corrected chi connectivity index (χ4v) is 5.97. The second kappa shape index (κ2) is 12.9. The molecule has 0 saturated carbocycles. The first kappa shape index (κ1) is 30.8. The van der Waals surface area contributed by atoms with Gasteiger partial charge in [-0.1, -0.05) is 61.2 Å². The van der Waals surface area contributed by atoms with Crippen LogP contribution in [0.15, 0.2) is 90.4 Å². The lowest BCUT2D eigenvalue weighted by Crippen LogP contribution is -2.54. The van der Waals surface area contributed by atoms with E-state index in [-0.39, 0.29) is 47.4 Å². The monoisotopic (exact) mass is 619 g/mol. The number of hydrogen-bond acceptors (Lipinski definition) is 8. The Morgan fingerprint density at radius 2 is 1.84 bits per heavy atom. The van der Waals surface area contributed by atoms with Crippen LogP contribution in [0.3, 0.4) is 0 Å². The highest BCUT2D eigenvalue weighted by Gasteiger charge is 2.44. The number of carbonyl (C=O) groups is 2. The van der Waals surface area contributed by atoms with Crippen LogP contribution in [0.4, 0.5) is 10.5 Å². The fourth-order valence-electron chi connectivity index (χ4n) is 5.24. The van der Waals surface area contributed by atoms with Gasteiger partial charge in [-0.15, -0.1) is 0 Å². The number of rotatable bonds is 9. The lowest BCUT2D eigenvalue weighted by atomic mass is 9.94. The molecule has 0 aliphatic carbocycles. The maximum absolute atomic E-state index is 14.0. The van der Waals surface area contributed by atoms with Gasteiger partial charge in [0.1, 0.15) is 13.2 Å². The van der Waals surface area contributed by atoms with E-state index >= 15 is 0 Å². The van der Waals surface area contributed by atoms with Gasteiger partial charge in [0, 0.05) is 12.6 Å². The first-order valence-electron chi connectivity index (χ1n) is 13.9. The van der Waals surface area contributed by atoms with Crippen LogP contribution in [0.25, 0.3) is 5.57 Å². The van der Waals surface area contributed by atoms with Crippen molar-refractivity contribution in [1.29, 1.82) is 0 Å². The number of fused-ring (bicyclic) bond motifs is 2. The van der Waals surface area contributed by atoms with Crippen molar-refractivity contribution in [2.45, 2.75) is 30.2 Å². The summed E-state index contributed by atoms with van der Waals surface area (Å²) in [5, 5.41) is 11.8. The van der Waals surface area contributed by atoms with Crippen LogP contribution in [0.5, 0.6) is 11.5 Å². The molecule has 2 amide bonds. The highest BCUT2D eigenvalue weighted by molar-refractivity contribution is 7.89. The Bertz CT molecular complexity index is 1690. The first-order valence-corrected chi connectivity index (χ1v) is 15.4. The maximum Gasteiger partial charge on any atom is 0.416 e. The molecule has 2 N–H and O–H groups in total. The van der Waals surface area contributed by atoms with Gasteiger partial charge in [0.2, 0.25) is 10.0 Å². The molecule has 0 radical (unpaired) electrons. The van der Waals surface area contributed by atoms with Crippen LogP contribution in [0, 0.1) is 0 Å². The van der Waals surface area contributed by atoms with Gasteiger partial charge in [-0.25, -0.2) is 22.8 Å². The molecule has 2 atom stereocenters. The summed E-state index contributed by atoms with van der Waals surface area (Å²) in [7, 11) is -0.828. The van der Waals surface area contributed by atoms with Crippen molar-refractivity contribution in [3.05, 3.63) is 102 Å². The van der Waals surface area contributed by atoms with Crippen LogP contribution in [0.2, 0.25) is 0 Å². The standard InChI is InChI=1S/C32H33N3O8S/c1-4-16-42-32(38)35-26-19-29(43-20-21-8-6-5-7-9-21)28(41-3)18-25(26)30(36)34-15-14-23(17-27(34)31(35)37)22-10-12-24(13-11-22)44(39,40)33-2/h4-13,17-19,27,31,33,37H,1,14-16,20H2,2-3H3/t27-,31?/m0/s1.